The second-order valence-electron chi connectivity index (χ2n) is 10.8. The van der Waals surface area contributed by atoms with Gasteiger partial charge >= 0.3 is 12.3 Å². The number of hydrogen-bond donors (Lipinski definition) is 1. The molecule has 4 rings (SSSR count). The number of nitrogens with one attached hydrogen (secondary N) is 1. The molecule has 3 aromatic rings. The maximum Gasteiger partial charge on any atom is 0.404 e. The highest BCUT2D eigenvalue weighted by Gasteiger charge is 2.39. The Morgan fingerprint density at radius 3 is 2.32 bits per heavy atom. The van der Waals surface area contributed by atoms with Crippen LogP contribution in [-0.2, 0) is 32.5 Å². The first kappa shape index (κ1) is 33.2. The van der Waals surface area contributed by atoms with Gasteiger partial charge in [0, 0.05) is 12.0 Å². The van der Waals surface area contributed by atoms with Gasteiger partial charge in [-0.05, 0) is 30.7 Å². The fraction of sp³-hybridized carbons (Fsp3) is 0.520. The lowest BCUT2D eigenvalue weighted by Crippen LogP contribution is -2.43. The van der Waals surface area contributed by atoms with Crippen LogP contribution in [0.25, 0.3) is 21.3 Å². The van der Waals surface area contributed by atoms with E-state index in [1.165, 1.54) is 17.4 Å². The summed E-state index contributed by atoms with van der Waals surface area (Å²) in [6, 6.07) is 0.277. The van der Waals surface area contributed by atoms with Gasteiger partial charge in [-0.25, -0.2) is 13.4 Å². The molecule has 1 atom stereocenters. The molecule has 9 nitrogen and oxygen atoms in total. The van der Waals surface area contributed by atoms with E-state index in [2.05, 4.69) is 30.9 Å². The van der Waals surface area contributed by atoms with Crippen molar-refractivity contribution in [1.29, 1.82) is 0 Å². The topological polar surface area (TPSA) is 132 Å². The lowest BCUT2D eigenvalue weighted by atomic mass is 9.82. The Kier molecular flexibility index (Phi) is 10.4. The Labute approximate surface area is 248 Å². The number of sulfonamides is 1. The molecule has 1 aromatic carbocycles. The zero-order chi connectivity index (χ0) is 30.8. The van der Waals surface area contributed by atoms with Gasteiger partial charge in [-0.15, -0.1) is 11.3 Å². The average molecular weight is 656 g/mol. The van der Waals surface area contributed by atoms with Crippen molar-refractivity contribution in [3.63, 3.8) is 0 Å². The van der Waals surface area contributed by atoms with Crippen LogP contribution in [0.4, 0.5) is 13.2 Å². The highest BCUT2D eigenvalue weighted by Crippen LogP contribution is 2.44. The van der Waals surface area contributed by atoms with Crippen LogP contribution in [-0.4, -0.2) is 41.9 Å². The maximum absolute atomic E-state index is 13.0. The first-order chi connectivity index (χ1) is 19.0. The molecule has 1 N–H and O–H groups in total. The summed E-state index contributed by atoms with van der Waals surface area (Å²) in [6.45, 7) is 6.88. The summed E-state index contributed by atoms with van der Waals surface area (Å²) in [4.78, 5) is 25.6. The predicted octanol–water partition coefficient (Wildman–Crippen LogP) is 6.74. The lowest BCUT2D eigenvalue weighted by molar-refractivity contribution is -0.191. The van der Waals surface area contributed by atoms with Crippen LogP contribution in [0.2, 0.25) is 10.0 Å². The largest absolute Gasteiger partial charge is 0.404 e. The molecule has 0 amide bonds. The van der Waals surface area contributed by atoms with Crippen LogP contribution in [0.1, 0.15) is 58.5 Å². The quantitative estimate of drug-likeness (QED) is 0.282. The highest BCUT2D eigenvalue weighted by molar-refractivity contribution is 7.89. The van der Waals surface area contributed by atoms with Gasteiger partial charge < -0.3 is 4.52 Å². The van der Waals surface area contributed by atoms with Crippen molar-refractivity contribution in [3.05, 3.63) is 33.8 Å². The fourth-order valence-electron chi connectivity index (χ4n) is 3.91. The third-order valence-corrected chi connectivity index (χ3v) is 9.85. The van der Waals surface area contributed by atoms with E-state index in [1.54, 1.807) is 4.72 Å². The van der Waals surface area contributed by atoms with Gasteiger partial charge in [-0.3, -0.25) is 0 Å². The molecule has 0 radical (unpaired) electrons. The second kappa shape index (κ2) is 12.9. The van der Waals surface area contributed by atoms with Crippen LogP contribution in [0.5, 0.6) is 0 Å². The molecule has 0 bridgehead atoms. The van der Waals surface area contributed by atoms with Gasteiger partial charge in [-0.1, -0.05) is 74.5 Å². The molecule has 0 spiro atoms. The monoisotopic (exact) mass is 654 g/mol. The normalized spacial score (nSPS) is 15.0. The number of hydrogen-bond acceptors (Lipinski definition) is 9. The second-order valence-corrected chi connectivity index (χ2v) is 14.2. The fourth-order valence-corrected chi connectivity index (χ4v) is 7.11. The number of nitrogens with zero attached hydrogens (tertiary/aromatic N) is 3. The van der Waals surface area contributed by atoms with E-state index < -0.39 is 27.1 Å². The maximum atomic E-state index is 13.0. The van der Waals surface area contributed by atoms with Gasteiger partial charge in [0.05, 0.1) is 20.6 Å². The molecule has 1 aliphatic carbocycles. The third-order valence-electron chi connectivity index (χ3n) is 6.15. The van der Waals surface area contributed by atoms with Crippen LogP contribution in [0.15, 0.2) is 21.6 Å². The minimum atomic E-state index is -4.76. The Hall–Kier alpha value is -2.35. The van der Waals surface area contributed by atoms with Crippen molar-refractivity contribution in [3.8, 4) is 21.3 Å². The lowest BCUT2D eigenvalue weighted by Gasteiger charge is -2.24. The first-order valence-electron chi connectivity index (χ1n) is 12.4. The van der Waals surface area contributed by atoms with Crippen molar-refractivity contribution in [1.82, 2.24) is 19.8 Å². The van der Waals surface area contributed by atoms with Crippen molar-refractivity contribution in [2.75, 3.05) is 0 Å². The number of rotatable bonds is 8. The van der Waals surface area contributed by atoms with Crippen LogP contribution in [0.3, 0.4) is 0 Å². The Bertz CT molecular complexity index is 1520. The number of thiazole rings is 1. The van der Waals surface area contributed by atoms with Crippen LogP contribution >= 0.6 is 34.5 Å². The summed E-state index contributed by atoms with van der Waals surface area (Å²) >= 11 is 14.1. The SMILES string of the molecule is C[C@H](NS(=O)(=O)c1ccc(-c2sc(-c3noc(CC(C)(C)C)n3)nc2CC2CCC2)c(Cl)c1Cl)C(F)(F)F.O=C=O. The molecule has 1 fully saturated rings. The molecule has 2 heterocycles. The van der Waals surface area contributed by atoms with E-state index >= 15 is 0 Å². The summed E-state index contributed by atoms with van der Waals surface area (Å²) in [5.41, 5.74) is 1.12. The summed E-state index contributed by atoms with van der Waals surface area (Å²) < 4.78 is 71.2. The minimum absolute atomic E-state index is 0.0493. The summed E-state index contributed by atoms with van der Waals surface area (Å²) in [6.07, 6.45) is 0.0296. The summed E-state index contributed by atoms with van der Waals surface area (Å²) in [5, 5.41) is 4.14. The third kappa shape index (κ3) is 8.36. The molecule has 2 aromatic heterocycles. The molecule has 16 heteroatoms. The number of benzene rings is 1. The van der Waals surface area contributed by atoms with Crippen LogP contribution < -0.4 is 4.72 Å². The van der Waals surface area contributed by atoms with E-state index in [9.17, 15) is 21.6 Å². The number of alkyl halides is 3. The van der Waals surface area contributed by atoms with Crippen LogP contribution in [0, 0.1) is 11.3 Å². The number of halogens is 5. The minimum Gasteiger partial charge on any atom is -0.339 e. The Balaban J connectivity index is 0.00000147. The van der Waals surface area contributed by atoms with Crippen molar-refractivity contribution >= 4 is 50.7 Å². The van der Waals surface area contributed by atoms with Crippen molar-refractivity contribution in [2.45, 2.75) is 76.9 Å². The van der Waals surface area contributed by atoms with E-state index in [1.807, 2.05) is 0 Å². The van der Waals surface area contributed by atoms with Gasteiger partial charge in [0.15, 0.2) is 5.01 Å². The molecular weight excluding hydrogens is 628 g/mol. The van der Waals surface area contributed by atoms with E-state index in [0.29, 0.717) is 52.8 Å². The smallest absolute Gasteiger partial charge is 0.339 e. The molecule has 0 aliphatic heterocycles. The molecule has 0 saturated heterocycles. The molecular formula is C25H27Cl2F3N4O5S2. The highest BCUT2D eigenvalue weighted by atomic mass is 35.5. The van der Waals surface area contributed by atoms with Gasteiger partial charge in [0.2, 0.25) is 21.7 Å². The van der Waals surface area contributed by atoms with E-state index in [-0.39, 0.29) is 21.6 Å². The average Bonchev–Trinajstić information content (AvgIpc) is 3.43. The Morgan fingerprint density at radius 1 is 1.15 bits per heavy atom. The molecule has 41 heavy (non-hydrogen) atoms. The van der Waals surface area contributed by atoms with E-state index in [0.717, 1.165) is 31.0 Å². The standard InChI is InChI=1S/C24H27Cl2F3N4O3S2.CO2/c1-12(24(27,28)29)33-38(34,35)16-9-8-14(18(25)19(16)26)20-15(10-13-6-5-7-13)30-22(37-20)21-31-17(36-32-21)11-23(2,3)4;2-1-3/h8-9,12-13,33H,5-7,10-11H2,1-4H3;/t12-;/m0./s1. The number of carbonyl (C=O) groups excluding carboxylic acids is 2. The van der Waals surface area contributed by atoms with Crippen molar-refractivity contribution < 1.29 is 35.7 Å². The van der Waals surface area contributed by atoms with E-state index in [4.69, 9.17) is 42.3 Å². The zero-order valence-corrected chi connectivity index (χ0v) is 25.6. The predicted molar refractivity (Wildman–Crippen MR) is 146 cm³/mol. The van der Waals surface area contributed by atoms with Gasteiger partial charge in [0.1, 0.15) is 10.9 Å². The molecule has 1 aliphatic rings. The summed E-state index contributed by atoms with van der Waals surface area (Å²) in [5.74, 6) is 1.27. The van der Waals surface area contributed by atoms with Crippen molar-refractivity contribution in [2.24, 2.45) is 11.3 Å². The Morgan fingerprint density at radius 2 is 1.78 bits per heavy atom. The molecule has 0 unspecified atom stereocenters. The molecule has 224 valence electrons. The molecule has 1 saturated carbocycles. The zero-order valence-electron chi connectivity index (χ0n) is 22.4. The van der Waals surface area contributed by atoms with Gasteiger partial charge in [0.25, 0.3) is 0 Å². The van der Waals surface area contributed by atoms with Gasteiger partial charge in [-0.2, -0.15) is 32.5 Å². The number of aromatic nitrogens is 3. The first-order valence-corrected chi connectivity index (χ1v) is 15.4. The summed E-state index contributed by atoms with van der Waals surface area (Å²) in [7, 11) is -4.60.